The van der Waals surface area contributed by atoms with Crippen LogP contribution >= 0.6 is 0 Å². The molecule has 0 aliphatic heterocycles. The Morgan fingerprint density at radius 3 is 2.64 bits per heavy atom. The predicted octanol–water partition coefficient (Wildman–Crippen LogP) is 4.35. The number of aliphatic hydroxyl groups excluding tert-OH is 1. The molecular formula is C19H17NO2. The molecule has 22 heavy (non-hydrogen) atoms. The average Bonchev–Trinajstić information content (AvgIpc) is 2.55. The first kappa shape index (κ1) is 14.3. The van der Waals surface area contributed by atoms with E-state index in [1.807, 2.05) is 60.7 Å². The molecule has 0 aromatic heterocycles. The topological polar surface area (TPSA) is 52.8 Å². The molecule has 0 spiro atoms. The molecule has 3 aromatic carbocycles. The van der Waals surface area contributed by atoms with Crippen LogP contribution in [0.15, 0.2) is 65.7 Å². The minimum atomic E-state index is -0.524. The van der Waals surface area contributed by atoms with Gasteiger partial charge in [0.25, 0.3) is 0 Å². The number of aliphatic imine (C=N–C) groups is 1. The summed E-state index contributed by atoms with van der Waals surface area (Å²) in [5.74, 6) is 0.230. The first-order valence-electron chi connectivity index (χ1n) is 7.18. The number of aromatic hydroxyl groups is 1. The number of phenols is 1. The van der Waals surface area contributed by atoms with Crippen molar-refractivity contribution in [3.63, 3.8) is 0 Å². The molecule has 0 heterocycles. The molecule has 0 unspecified atom stereocenters. The zero-order valence-corrected chi connectivity index (χ0v) is 12.3. The van der Waals surface area contributed by atoms with Crippen LogP contribution in [-0.4, -0.2) is 16.4 Å². The van der Waals surface area contributed by atoms with E-state index in [1.165, 1.54) is 0 Å². The lowest BCUT2D eigenvalue weighted by Crippen LogP contribution is -1.89. The van der Waals surface area contributed by atoms with Crippen molar-refractivity contribution >= 4 is 22.7 Å². The van der Waals surface area contributed by atoms with Gasteiger partial charge in [0.15, 0.2) is 0 Å². The Morgan fingerprint density at radius 2 is 1.82 bits per heavy atom. The fourth-order valence-electron chi connectivity index (χ4n) is 2.39. The van der Waals surface area contributed by atoms with Crippen molar-refractivity contribution < 1.29 is 10.2 Å². The molecule has 3 rings (SSSR count). The summed E-state index contributed by atoms with van der Waals surface area (Å²) in [5.41, 5.74) is 2.23. The van der Waals surface area contributed by atoms with E-state index in [-0.39, 0.29) is 5.75 Å². The number of fused-ring (bicyclic) bond motifs is 1. The highest BCUT2D eigenvalue weighted by Gasteiger charge is 2.04. The zero-order valence-electron chi connectivity index (χ0n) is 12.3. The van der Waals surface area contributed by atoms with Gasteiger partial charge in [-0.05, 0) is 36.1 Å². The molecule has 0 saturated carbocycles. The molecule has 3 nitrogen and oxygen atoms in total. The summed E-state index contributed by atoms with van der Waals surface area (Å²) in [6.07, 6.45) is 1.12. The average molecular weight is 291 g/mol. The zero-order chi connectivity index (χ0) is 15.5. The first-order valence-corrected chi connectivity index (χ1v) is 7.18. The summed E-state index contributed by atoms with van der Waals surface area (Å²) in [7, 11) is 0. The molecule has 110 valence electrons. The molecule has 0 aliphatic rings. The normalized spacial score (nSPS) is 12.8. The number of aliphatic hydroxyl groups is 1. The van der Waals surface area contributed by atoms with E-state index in [0.29, 0.717) is 5.56 Å². The van der Waals surface area contributed by atoms with Crippen LogP contribution in [0.3, 0.4) is 0 Å². The molecule has 2 N–H and O–H groups in total. The Labute approximate surface area is 129 Å². The highest BCUT2D eigenvalue weighted by Crippen LogP contribution is 2.28. The van der Waals surface area contributed by atoms with Crippen LogP contribution in [0.2, 0.25) is 0 Å². The molecule has 0 fully saturated rings. The number of phenolic OH excluding ortho intramolecular Hbond substituents is 1. The summed E-state index contributed by atoms with van der Waals surface area (Å²) >= 11 is 0. The molecule has 3 heteroatoms. The van der Waals surface area contributed by atoms with Gasteiger partial charge in [-0.3, -0.25) is 4.99 Å². The lowest BCUT2D eigenvalue weighted by Gasteiger charge is -2.05. The summed E-state index contributed by atoms with van der Waals surface area (Å²) in [6, 6.07) is 18.9. The van der Waals surface area contributed by atoms with Crippen molar-refractivity contribution in [1.29, 1.82) is 0 Å². The van der Waals surface area contributed by atoms with Crippen molar-refractivity contribution in [2.75, 3.05) is 0 Å². The lowest BCUT2D eigenvalue weighted by molar-refractivity contribution is 0.199. The van der Waals surface area contributed by atoms with Crippen LogP contribution in [0.5, 0.6) is 5.75 Å². The standard InChI is InChI=1S/C19H17NO2/c1-13(21)15-6-4-7-17(11-15)20-12-16-10-9-14-5-2-3-8-18(14)19(16)22/h2-13,21-22H,1H3/t13-/m1/s1. The maximum Gasteiger partial charge on any atom is 0.132 e. The highest BCUT2D eigenvalue weighted by atomic mass is 16.3. The van der Waals surface area contributed by atoms with Crippen LogP contribution in [0.1, 0.15) is 24.2 Å². The summed E-state index contributed by atoms with van der Waals surface area (Å²) in [6.45, 7) is 1.72. The minimum Gasteiger partial charge on any atom is -0.507 e. The van der Waals surface area contributed by atoms with Gasteiger partial charge >= 0.3 is 0 Å². The molecule has 0 aliphatic carbocycles. The second-order valence-corrected chi connectivity index (χ2v) is 5.25. The van der Waals surface area contributed by atoms with Gasteiger partial charge in [0.1, 0.15) is 5.75 Å². The molecular weight excluding hydrogens is 274 g/mol. The quantitative estimate of drug-likeness (QED) is 0.705. The van der Waals surface area contributed by atoms with E-state index in [1.54, 1.807) is 13.1 Å². The fourth-order valence-corrected chi connectivity index (χ4v) is 2.39. The van der Waals surface area contributed by atoms with Gasteiger partial charge in [0, 0.05) is 17.2 Å². The number of rotatable bonds is 3. The van der Waals surface area contributed by atoms with Crippen LogP contribution in [0.4, 0.5) is 5.69 Å². The van der Waals surface area contributed by atoms with Crippen molar-refractivity contribution in [3.8, 4) is 5.75 Å². The van der Waals surface area contributed by atoms with E-state index in [2.05, 4.69) is 4.99 Å². The highest BCUT2D eigenvalue weighted by molar-refractivity contribution is 5.97. The Bertz CT molecular complexity index is 838. The number of benzene rings is 3. The molecule has 3 aromatic rings. The van der Waals surface area contributed by atoms with Gasteiger partial charge in [-0.2, -0.15) is 0 Å². The third kappa shape index (κ3) is 2.85. The lowest BCUT2D eigenvalue weighted by atomic mass is 10.1. The molecule has 1 atom stereocenters. The Balaban J connectivity index is 1.96. The Hall–Kier alpha value is -2.65. The molecule has 0 amide bonds. The second-order valence-electron chi connectivity index (χ2n) is 5.25. The SMILES string of the molecule is C[C@@H](O)c1cccc(N=Cc2ccc3ccccc3c2O)c1. The van der Waals surface area contributed by atoms with Crippen LogP contribution < -0.4 is 0 Å². The second kappa shape index (κ2) is 6.00. The summed E-state index contributed by atoms with van der Waals surface area (Å²) < 4.78 is 0. The van der Waals surface area contributed by atoms with Gasteiger partial charge < -0.3 is 10.2 Å². The van der Waals surface area contributed by atoms with E-state index in [9.17, 15) is 10.2 Å². The van der Waals surface area contributed by atoms with Crippen molar-refractivity contribution in [2.24, 2.45) is 4.99 Å². The van der Waals surface area contributed by atoms with Gasteiger partial charge in [-0.15, -0.1) is 0 Å². The largest absolute Gasteiger partial charge is 0.507 e. The molecule has 0 radical (unpaired) electrons. The maximum absolute atomic E-state index is 10.3. The van der Waals surface area contributed by atoms with E-state index < -0.39 is 6.10 Å². The third-order valence-electron chi connectivity index (χ3n) is 3.64. The first-order chi connectivity index (χ1) is 10.6. The Kier molecular flexibility index (Phi) is 3.90. The smallest absolute Gasteiger partial charge is 0.132 e. The van der Waals surface area contributed by atoms with Crippen LogP contribution in [-0.2, 0) is 0 Å². The maximum atomic E-state index is 10.3. The van der Waals surface area contributed by atoms with E-state index in [4.69, 9.17) is 0 Å². The van der Waals surface area contributed by atoms with E-state index in [0.717, 1.165) is 22.0 Å². The van der Waals surface area contributed by atoms with Gasteiger partial charge in [-0.25, -0.2) is 0 Å². The van der Waals surface area contributed by atoms with Crippen LogP contribution in [0.25, 0.3) is 10.8 Å². The van der Waals surface area contributed by atoms with Crippen molar-refractivity contribution in [3.05, 3.63) is 71.8 Å². The predicted molar refractivity (Wildman–Crippen MR) is 89.9 cm³/mol. The van der Waals surface area contributed by atoms with E-state index >= 15 is 0 Å². The summed E-state index contributed by atoms with van der Waals surface area (Å²) in [4.78, 5) is 4.39. The van der Waals surface area contributed by atoms with Crippen molar-refractivity contribution in [2.45, 2.75) is 13.0 Å². The minimum absolute atomic E-state index is 0.230. The van der Waals surface area contributed by atoms with Gasteiger partial charge in [-0.1, -0.05) is 42.5 Å². The monoisotopic (exact) mass is 291 g/mol. The Morgan fingerprint density at radius 1 is 1.00 bits per heavy atom. The van der Waals surface area contributed by atoms with Crippen LogP contribution in [0, 0.1) is 0 Å². The fraction of sp³-hybridized carbons (Fsp3) is 0.105. The summed E-state index contributed by atoms with van der Waals surface area (Å²) in [5, 5.41) is 21.7. The van der Waals surface area contributed by atoms with Gasteiger partial charge in [0.05, 0.1) is 11.8 Å². The number of hydrogen-bond donors (Lipinski definition) is 2. The number of nitrogens with zero attached hydrogens (tertiary/aromatic N) is 1. The van der Waals surface area contributed by atoms with Gasteiger partial charge in [0.2, 0.25) is 0 Å². The van der Waals surface area contributed by atoms with Crippen molar-refractivity contribution in [1.82, 2.24) is 0 Å². The molecule has 0 saturated heterocycles. The number of hydrogen-bond acceptors (Lipinski definition) is 3. The third-order valence-corrected chi connectivity index (χ3v) is 3.64. The molecule has 0 bridgehead atoms.